The second-order valence-corrected chi connectivity index (χ2v) is 5.52. The molecule has 0 aliphatic heterocycles. The summed E-state index contributed by atoms with van der Waals surface area (Å²) in [5, 5.41) is 0. The van der Waals surface area contributed by atoms with Gasteiger partial charge in [0.15, 0.2) is 0 Å². The first kappa shape index (κ1) is 7.41. The van der Waals surface area contributed by atoms with Crippen LogP contribution < -0.4 is 0 Å². The molecule has 2 bridgehead atoms. The van der Waals surface area contributed by atoms with Crippen molar-refractivity contribution in [1.82, 2.24) is 0 Å². The van der Waals surface area contributed by atoms with Crippen LogP contribution in [0.2, 0.25) is 0 Å². The molecular formula is C12H18. The summed E-state index contributed by atoms with van der Waals surface area (Å²) in [5.74, 6) is 4.90. The molecule has 0 nitrogen and oxygen atoms in total. The van der Waals surface area contributed by atoms with E-state index in [9.17, 15) is 0 Å². The molecule has 0 aromatic rings. The zero-order chi connectivity index (χ0) is 8.34. The summed E-state index contributed by atoms with van der Waals surface area (Å²) in [7, 11) is 0. The summed E-state index contributed by atoms with van der Waals surface area (Å²) in [6.45, 7) is 4.95. The minimum Gasteiger partial charge on any atom is -0.0594 e. The number of rotatable bonds is 0. The minimum atomic E-state index is 0.659. The molecule has 0 N–H and O–H groups in total. The molecule has 4 fully saturated rings. The van der Waals surface area contributed by atoms with Gasteiger partial charge in [0.25, 0.3) is 0 Å². The second-order valence-electron chi connectivity index (χ2n) is 5.52. The van der Waals surface area contributed by atoms with Gasteiger partial charge in [-0.1, -0.05) is 13.8 Å². The quantitative estimate of drug-likeness (QED) is 0.513. The molecule has 12 heavy (non-hydrogen) atoms. The fourth-order valence-electron chi connectivity index (χ4n) is 3.79. The van der Waals surface area contributed by atoms with Crippen molar-refractivity contribution in [1.29, 1.82) is 0 Å². The normalized spacial score (nSPS) is 50.0. The van der Waals surface area contributed by atoms with Crippen LogP contribution >= 0.6 is 0 Å². The van der Waals surface area contributed by atoms with Crippen LogP contribution in [0.15, 0.2) is 0 Å². The van der Waals surface area contributed by atoms with Crippen LogP contribution in [-0.4, -0.2) is 0 Å². The van der Waals surface area contributed by atoms with E-state index in [0.29, 0.717) is 5.41 Å². The molecule has 66 valence electrons. The molecule has 0 aromatic heterocycles. The Hall–Kier alpha value is 0. The van der Waals surface area contributed by atoms with Gasteiger partial charge < -0.3 is 0 Å². The predicted molar refractivity (Wildman–Crippen MR) is 50.3 cm³/mol. The Balaban J connectivity index is 1.88. The summed E-state index contributed by atoms with van der Waals surface area (Å²) in [6.07, 6.45) is 8.41. The largest absolute Gasteiger partial charge is 0.0594 e. The average Bonchev–Trinajstić information content (AvgIpc) is 2.49. The van der Waals surface area contributed by atoms with Crippen molar-refractivity contribution in [2.45, 2.75) is 39.5 Å². The maximum absolute atomic E-state index is 2.55. The molecule has 2 radical (unpaired) electrons. The highest BCUT2D eigenvalue weighted by atomic mass is 14.6. The smallest absolute Gasteiger partial charge is 0.0140 e. The van der Waals surface area contributed by atoms with Crippen LogP contribution in [0, 0.1) is 35.5 Å². The molecule has 4 rings (SSSR count). The van der Waals surface area contributed by atoms with E-state index in [2.05, 4.69) is 20.3 Å². The lowest BCUT2D eigenvalue weighted by atomic mass is 9.44. The van der Waals surface area contributed by atoms with E-state index in [-0.39, 0.29) is 0 Å². The molecule has 0 heteroatoms. The summed E-state index contributed by atoms with van der Waals surface area (Å²) in [5.41, 5.74) is 0.659. The van der Waals surface area contributed by atoms with E-state index in [4.69, 9.17) is 0 Å². The first-order chi connectivity index (χ1) is 5.69. The van der Waals surface area contributed by atoms with Crippen LogP contribution in [0.25, 0.3) is 0 Å². The summed E-state index contributed by atoms with van der Waals surface area (Å²) in [4.78, 5) is 0. The van der Waals surface area contributed by atoms with Crippen molar-refractivity contribution in [2.75, 3.05) is 0 Å². The minimum absolute atomic E-state index is 0.659. The maximum atomic E-state index is 2.55. The Labute approximate surface area is 75.7 Å². The molecule has 0 spiro atoms. The van der Waals surface area contributed by atoms with Crippen LogP contribution in [0.5, 0.6) is 0 Å². The predicted octanol–water partition coefficient (Wildman–Crippen LogP) is 3.24. The number of hydrogen-bond donors (Lipinski definition) is 0. The Morgan fingerprint density at radius 2 is 2.17 bits per heavy atom. The van der Waals surface area contributed by atoms with E-state index in [1.807, 2.05) is 5.92 Å². The van der Waals surface area contributed by atoms with E-state index in [0.717, 1.165) is 17.8 Å². The third-order valence-corrected chi connectivity index (χ3v) is 4.81. The fraction of sp³-hybridized carbons (Fsp3) is 0.833. The lowest BCUT2D eigenvalue weighted by Crippen LogP contribution is -2.53. The lowest BCUT2D eigenvalue weighted by molar-refractivity contribution is -0.0615. The Morgan fingerprint density at radius 1 is 1.33 bits per heavy atom. The topological polar surface area (TPSA) is 0 Å². The summed E-state index contributed by atoms with van der Waals surface area (Å²) in [6, 6.07) is 0. The highest BCUT2D eigenvalue weighted by molar-refractivity contribution is 5.27. The standard InChI is InChI=1S/C12H18/c1-12(2)9-6-8-4-3-5-10(8)11(12)7-9/h5,8-9,11H,3-4,6-7H2,1-2H3. The third kappa shape index (κ3) is 0.701. The van der Waals surface area contributed by atoms with Gasteiger partial charge in [-0.25, -0.2) is 0 Å². The monoisotopic (exact) mass is 162 g/mol. The highest BCUT2D eigenvalue weighted by Gasteiger charge is 2.58. The lowest BCUT2D eigenvalue weighted by Gasteiger charge is -2.61. The van der Waals surface area contributed by atoms with Crippen LogP contribution in [0.3, 0.4) is 0 Å². The summed E-state index contributed by atoms with van der Waals surface area (Å²) >= 11 is 0. The molecule has 4 saturated carbocycles. The molecule has 0 amide bonds. The van der Waals surface area contributed by atoms with Crippen molar-refractivity contribution in [3.63, 3.8) is 0 Å². The van der Waals surface area contributed by atoms with Gasteiger partial charge in [-0.2, -0.15) is 0 Å². The van der Waals surface area contributed by atoms with Gasteiger partial charge in [-0.3, -0.25) is 0 Å². The van der Waals surface area contributed by atoms with Gasteiger partial charge in [-0.05, 0) is 61.2 Å². The van der Waals surface area contributed by atoms with Crippen molar-refractivity contribution < 1.29 is 0 Å². The average molecular weight is 162 g/mol. The molecule has 3 unspecified atom stereocenters. The molecule has 4 aliphatic rings. The molecule has 4 aliphatic carbocycles. The Morgan fingerprint density at radius 3 is 2.92 bits per heavy atom. The number of hydrogen-bond acceptors (Lipinski definition) is 0. The van der Waals surface area contributed by atoms with Gasteiger partial charge in [0.05, 0.1) is 0 Å². The van der Waals surface area contributed by atoms with E-state index in [1.54, 1.807) is 0 Å². The van der Waals surface area contributed by atoms with E-state index >= 15 is 0 Å². The molecular weight excluding hydrogens is 144 g/mol. The summed E-state index contributed by atoms with van der Waals surface area (Å²) < 4.78 is 0. The van der Waals surface area contributed by atoms with Crippen LogP contribution in [0.1, 0.15) is 39.5 Å². The van der Waals surface area contributed by atoms with Gasteiger partial charge >= 0.3 is 0 Å². The Bertz CT molecular complexity index is 204. The van der Waals surface area contributed by atoms with Crippen LogP contribution in [0.4, 0.5) is 0 Å². The van der Waals surface area contributed by atoms with Gasteiger partial charge in [0, 0.05) is 0 Å². The second kappa shape index (κ2) is 2.08. The Kier molecular flexibility index (Phi) is 1.28. The van der Waals surface area contributed by atoms with Crippen molar-refractivity contribution >= 4 is 0 Å². The maximum Gasteiger partial charge on any atom is -0.0140 e. The van der Waals surface area contributed by atoms with Crippen molar-refractivity contribution in [3.05, 3.63) is 12.3 Å². The molecule has 0 saturated heterocycles. The van der Waals surface area contributed by atoms with E-state index in [1.165, 1.54) is 25.7 Å². The third-order valence-electron chi connectivity index (χ3n) is 4.81. The zero-order valence-corrected chi connectivity index (χ0v) is 8.14. The van der Waals surface area contributed by atoms with Gasteiger partial charge in [-0.15, -0.1) is 0 Å². The first-order valence-electron chi connectivity index (χ1n) is 5.39. The van der Waals surface area contributed by atoms with E-state index < -0.39 is 0 Å². The molecule has 0 heterocycles. The van der Waals surface area contributed by atoms with Gasteiger partial charge in [0.1, 0.15) is 0 Å². The molecule has 3 atom stereocenters. The zero-order valence-electron chi connectivity index (χ0n) is 8.14. The molecule has 0 aromatic carbocycles. The fourth-order valence-corrected chi connectivity index (χ4v) is 3.79. The SMILES string of the molecule is CC1(C)C2CC3CC[CH][C]3C1C2. The van der Waals surface area contributed by atoms with Gasteiger partial charge in [0.2, 0.25) is 0 Å². The van der Waals surface area contributed by atoms with Crippen molar-refractivity contribution in [3.8, 4) is 0 Å². The first-order valence-corrected chi connectivity index (χ1v) is 5.39. The highest BCUT2D eigenvalue weighted by Crippen LogP contribution is 2.66. The van der Waals surface area contributed by atoms with Crippen molar-refractivity contribution in [2.24, 2.45) is 23.2 Å². The van der Waals surface area contributed by atoms with Crippen LogP contribution in [-0.2, 0) is 0 Å².